The molecule has 0 saturated heterocycles. The molecular formula is C23H25N3O3S. The summed E-state index contributed by atoms with van der Waals surface area (Å²) in [5.41, 5.74) is 4.57. The molecular weight excluding hydrogens is 398 g/mol. The lowest BCUT2D eigenvalue weighted by atomic mass is 9.88. The number of hydrogen-bond donors (Lipinski definition) is 2. The predicted octanol–water partition coefficient (Wildman–Crippen LogP) is 3.31. The monoisotopic (exact) mass is 423 g/mol. The summed E-state index contributed by atoms with van der Waals surface area (Å²) < 4.78 is 11.0. The fraction of sp³-hybridized carbons (Fsp3) is 0.304. The van der Waals surface area contributed by atoms with Crippen molar-refractivity contribution in [1.29, 1.82) is 0 Å². The van der Waals surface area contributed by atoms with E-state index in [-0.39, 0.29) is 11.6 Å². The van der Waals surface area contributed by atoms with Crippen molar-refractivity contribution in [2.75, 3.05) is 27.8 Å². The average Bonchev–Trinajstić information content (AvgIpc) is 2.76. The van der Waals surface area contributed by atoms with E-state index in [1.54, 1.807) is 21.3 Å². The quantitative estimate of drug-likeness (QED) is 0.630. The molecule has 0 fully saturated rings. The molecule has 1 aromatic heterocycles. The number of fused-ring (bicyclic) bond motifs is 2. The Morgan fingerprint density at radius 2 is 1.87 bits per heavy atom. The number of benzene rings is 2. The van der Waals surface area contributed by atoms with Gasteiger partial charge in [-0.3, -0.25) is 4.79 Å². The molecule has 0 amide bonds. The van der Waals surface area contributed by atoms with E-state index in [1.807, 2.05) is 43.3 Å². The maximum atomic E-state index is 13.2. The van der Waals surface area contributed by atoms with E-state index in [2.05, 4.69) is 15.2 Å². The fourth-order valence-corrected chi connectivity index (χ4v) is 4.38. The van der Waals surface area contributed by atoms with Crippen LogP contribution in [0, 0.1) is 6.92 Å². The SMILES string of the molecule is CNC(=S)N1CCc2cc(OC)c(OC)cc2[C@@H]1c1cc2ccc(C)cc2[nH]c1=O. The summed E-state index contributed by atoms with van der Waals surface area (Å²) in [6.07, 6.45) is 0.790. The Bertz CT molecular complexity index is 1190. The van der Waals surface area contributed by atoms with Crippen molar-refractivity contribution in [3.8, 4) is 11.5 Å². The number of H-pyrrole nitrogens is 1. The zero-order valence-electron chi connectivity index (χ0n) is 17.5. The van der Waals surface area contributed by atoms with Crippen LogP contribution >= 0.6 is 12.2 Å². The van der Waals surface area contributed by atoms with Crippen LogP contribution < -0.4 is 20.3 Å². The third kappa shape index (κ3) is 3.39. The highest BCUT2D eigenvalue weighted by Crippen LogP contribution is 2.40. The van der Waals surface area contributed by atoms with E-state index in [1.165, 1.54) is 0 Å². The Balaban J connectivity index is 1.96. The Kier molecular flexibility index (Phi) is 5.39. The van der Waals surface area contributed by atoms with Crippen molar-refractivity contribution in [3.05, 3.63) is 69.0 Å². The molecule has 0 unspecified atom stereocenters. The molecule has 1 aliphatic heterocycles. The topological polar surface area (TPSA) is 66.6 Å². The van der Waals surface area contributed by atoms with Gasteiger partial charge in [0.25, 0.3) is 5.56 Å². The molecule has 0 aliphatic carbocycles. The average molecular weight is 424 g/mol. The van der Waals surface area contributed by atoms with Crippen molar-refractivity contribution >= 4 is 28.2 Å². The summed E-state index contributed by atoms with van der Waals surface area (Å²) in [4.78, 5) is 18.3. The van der Waals surface area contributed by atoms with E-state index in [9.17, 15) is 4.79 Å². The molecule has 1 aliphatic rings. The molecule has 0 saturated carbocycles. The Hall–Kier alpha value is -3.06. The molecule has 0 spiro atoms. The summed E-state index contributed by atoms with van der Waals surface area (Å²) in [6.45, 7) is 2.70. The summed E-state index contributed by atoms with van der Waals surface area (Å²) in [5, 5.41) is 4.65. The number of methoxy groups -OCH3 is 2. The molecule has 0 radical (unpaired) electrons. The molecule has 7 heteroatoms. The van der Waals surface area contributed by atoms with Gasteiger partial charge in [-0.05, 0) is 71.9 Å². The van der Waals surface area contributed by atoms with Gasteiger partial charge in [-0.25, -0.2) is 0 Å². The van der Waals surface area contributed by atoms with E-state index >= 15 is 0 Å². The predicted molar refractivity (Wildman–Crippen MR) is 123 cm³/mol. The third-order valence-corrected chi connectivity index (χ3v) is 6.11. The molecule has 3 aromatic rings. The number of nitrogens with zero attached hydrogens (tertiary/aromatic N) is 1. The second kappa shape index (κ2) is 7.99. The molecule has 2 aromatic carbocycles. The van der Waals surface area contributed by atoms with Crippen molar-refractivity contribution in [1.82, 2.24) is 15.2 Å². The number of thiocarbonyl (C=S) groups is 1. The number of aromatic nitrogens is 1. The highest BCUT2D eigenvalue weighted by molar-refractivity contribution is 7.80. The minimum Gasteiger partial charge on any atom is -0.493 e. The van der Waals surface area contributed by atoms with Crippen LogP contribution in [0.2, 0.25) is 0 Å². The Morgan fingerprint density at radius 1 is 1.13 bits per heavy atom. The molecule has 6 nitrogen and oxygen atoms in total. The second-order valence-corrected chi connectivity index (χ2v) is 7.84. The smallest absolute Gasteiger partial charge is 0.254 e. The maximum Gasteiger partial charge on any atom is 0.254 e. The van der Waals surface area contributed by atoms with Gasteiger partial charge in [-0.2, -0.15) is 0 Å². The number of aryl methyl sites for hydroxylation is 1. The number of pyridine rings is 1. The van der Waals surface area contributed by atoms with Crippen LogP contribution in [0.15, 0.2) is 41.2 Å². The number of hydrogen-bond acceptors (Lipinski definition) is 4. The molecule has 1 atom stereocenters. The molecule has 30 heavy (non-hydrogen) atoms. The van der Waals surface area contributed by atoms with Crippen LogP contribution in [0.5, 0.6) is 11.5 Å². The number of ether oxygens (including phenoxy) is 2. The normalized spacial score (nSPS) is 15.6. The molecule has 0 bridgehead atoms. The van der Waals surface area contributed by atoms with Crippen molar-refractivity contribution in [2.45, 2.75) is 19.4 Å². The summed E-state index contributed by atoms with van der Waals surface area (Å²) in [6, 6.07) is 11.7. The summed E-state index contributed by atoms with van der Waals surface area (Å²) >= 11 is 5.59. The van der Waals surface area contributed by atoms with Crippen LogP contribution in [0.25, 0.3) is 10.9 Å². The first-order valence-corrected chi connectivity index (χ1v) is 10.2. The molecule has 4 rings (SSSR count). The van der Waals surface area contributed by atoms with Crippen molar-refractivity contribution in [3.63, 3.8) is 0 Å². The van der Waals surface area contributed by atoms with Crippen LogP contribution in [0.4, 0.5) is 0 Å². The van der Waals surface area contributed by atoms with Gasteiger partial charge >= 0.3 is 0 Å². The van der Waals surface area contributed by atoms with Gasteiger partial charge in [0.05, 0.1) is 20.3 Å². The van der Waals surface area contributed by atoms with Crippen LogP contribution in [-0.4, -0.2) is 42.8 Å². The van der Waals surface area contributed by atoms with Gasteiger partial charge in [-0.1, -0.05) is 12.1 Å². The highest BCUT2D eigenvalue weighted by Gasteiger charge is 2.33. The zero-order valence-corrected chi connectivity index (χ0v) is 18.4. The lowest BCUT2D eigenvalue weighted by Crippen LogP contribution is -2.46. The first-order chi connectivity index (χ1) is 14.5. The lowest BCUT2D eigenvalue weighted by Gasteiger charge is -2.39. The van der Waals surface area contributed by atoms with Gasteiger partial charge in [0.2, 0.25) is 0 Å². The van der Waals surface area contributed by atoms with Crippen molar-refractivity contribution in [2.24, 2.45) is 0 Å². The minimum atomic E-state index is -0.331. The number of aromatic amines is 1. The van der Waals surface area contributed by atoms with Crippen LogP contribution in [-0.2, 0) is 6.42 Å². The molecule has 2 heterocycles. The van der Waals surface area contributed by atoms with Gasteiger partial charge in [0, 0.05) is 24.7 Å². The second-order valence-electron chi connectivity index (χ2n) is 7.45. The van der Waals surface area contributed by atoms with Gasteiger partial charge in [0.1, 0.15) is 0 Å². The lowest BCUT2D eigenvalue weighted by molar-refractivity contribution is 0.324. The summed E-state index contributed by atoms with van der Waals surface area (Å²) in [7, 11) is 5.04. The van der Waals surface area contributed by atoms with Crippen LogP contribution in [0.3, 0.4) is 0 Å². The van der Waals surface area contributed by atoms with Gasteiger partial charge in [-0.15, -0.1) is 0 Å². The van der Waals surface area contributed by atoms with E-state index in [4.69, 9.17) is 21.7 Å². The third-order valence-electron chi connectivity index (χ3n) is 5.67. The molecule has 156 valence electrons. The molecule has 2 N–H and O–H groups in total. The maximum absolute atomic E-state index is 13.2. The highest BCUT2D eigenvalue weighted by atomic mass is 32.1. The van der Waals surface area contributed by atoms with E-state index in [0.29, 0.717) is 28.7 Å². The fourth-order valence-electron chi connectivity index (χ4n) is 4.18. The number of rotatable bonds is 3. The Labute approximate surface area is 180 Å². The van der Waals surface area contributed by atoms with Gasteiger partial charge in [0.15, 0.2) is 16.6 Å². The minimum absolute atomic E-state index is 0.121. The van der Waals surface area contributed by atoms with Crippen LogP contribution in [0.1, 0.15) is 28.3 Å². The van der Waals surface area contributed by atoms with E-state index in [0.717, 1.165) is 34.0 Å². The standard InChI is InChI=1S/C23H25N3O3S/c1-13-5-6-15-10-17(22(27)25-18(15)9-13)21-16-12-20(29-4)19(28-3)11-14(16)7-8-26(21)23(30)24-2/h5-6,9-12,21H,7-8H2,1-4H3,(H,24,30)(H,25,27)/t21-/m1/s1. The van der Waals surface area contributed by atoms with Gasteiger partial charge < -0.3 is 24.7 Å². The first kappa shape index (κ1) is 20.2. The van der Waals surface area contributed by atoms with E-state index < -0.39 is 0 Å². The zero-order chi connectivity index (χ0) is 21.4. The summed E-state index contributed by atoms with van der Waals surface area (Å²) in [5.74, 6) is 1.31. The largest absolute Gasteiger partial charge is 0.493 e. The first-order valence-electron chi connectivity index (χ1n) is 9.83. The Morgan fingerprint density at radius 3 is 2.57 bits per heavy atom. The number of nitrogens with one attached hydrogen (secondary N) is 2. The van der Waals surface area contributed by atoms with Crippen molar-refractivity contribution < 1.29 is 9.47 Å².